The van der Waals surface area contributed by atoms with Crippen LogP contribution in [0.15, 0.2) is 58.8 Å². The zero-order chi connectivity index (χ0) is 24.1. The molecule has 2 aromatic heterocycles. The van der Waals surface area contributed by atoms with Crippen LogP contribution in [0.3, 0.4) is 0 Å². The zero-order valence-electron chi connectivity index (χ0n) is 17.9. The lowest BCUT2D eigenvalue weighted by molar-refractivity contribution is -0.143. The molecule has 11 heteroatoms. The summed E-state index contributed by atoms with van der Waals surface area (Å²) in [7, 11) is 1.57. The molecule has 0 aliphatic heterocycles. The number of hydrogen-bond donors (Lipinski definition) is 2. The van der Waals surface area contributed by atoms with Gasteiger partial charge in [-0.2, -0.15) is 0 Å². The van der Waals surface area contributed by atoms with Gasteiger partial charge in [-0.15, -0.1) is 11.3 Å². The molecule has 0 atom stereocenters. The second kappa shape index (κ2) is 10.0. The van der Waals surface area contributed by atoms with Gasteiger partial charge < -0.3 is 24.6 Å². The van der Waals surface area contributed by atoms with Gasteiger partial charge in [-0.25, -0.2) is 9.59 Å². The van der Waals surface area contributed by atoms with E-state index in [2.05, 4.69) is 10.3 Å². The third-order valence-electron chi connectivity index (χ3n) is 4.77. The number of para-hydroxylation sites is 1. The Morgan fingerprint density at radius 1 is 0.971 bits per heavy atom. The molecule has 0 aliphatic rings. The summed E-state index contributed by atoms with van der Waals surface area (Å²) in [5.41, 5.74) is 3.74. The molecule has 4 aromatic rings. The van der Waals surface area contributed by atoms with Crippen molar-refractivity contribution in [2.45, 2.75) is 0 Å². The maximum absolute atomic E-state index is 10.8. The van der Waals surface area contributed by atoms with Gasteiger partial charge >= 0.3 is 11.9 Å². The number of methoxy groups -OCH3 is 1. The van der Waals surface area contributed by atoms with Crippen LogP contribution in [-0.2, 0) is 19.3 Å². The number of oxime groups is 2. The topological polar surface area (TPSA) is 131 Å². The summed E-state index contributed by atoms with van der Waals surface area (Å²) in [6.45, 7) is -1.15. The number of rotatable bonds is 10. The number of carbonyl (C=O) groups is 2. The average molecular weight is 481 g/mol. The third kappa shape index (κ3) is 4.69. The maximum atomic E-state index is 10.8. The minimum Gasteiger partial charge on any atom is -0.497 e. The molecule has 0 unspecified atom stereocenters. The van der Waals surface area contributed by atoms with E-state index in [4.69, 9.17) is 24.6 Å². The number of fused-ring (bicyclic) bond motifs is 3. The SMILES string of the molecule is COc1ccc(-c2c(/C=N/OCC(=O)O)c3sc4ccccc4n3c2/C=N/OCC(=O)O)cc1. The molecule has 0 spiro atoms. The maximum Gasteiger partial charge on any atom is 0.344 e. The van der Waals surface area contributed by atoms with E-state index in [1.165, 1.54) is 23.8 Å². The van der Waals surface area contributed by atoms with E-state index in [1.807, 2.05) is 52.9 Å². The van der Waals surface area contributed by atoms with Crippen molar-refractivity contribution in [3.8, 4) is 16.9 Å². The first kappa shape index (κ1) is 22.8. The molecule has 0 fully saturated rings. The normalized spacial score (nSPS) is 11.6. The van der Waals surface area contributed by atoms with E-state index < -0.39 is 25.2 Å². The Hall–Kier alpha value is -4.38. The molecule has 0 radical (unpaired) electrons. The van der Waals surface area contributed by atoms with Crippen molar-refractivity contribution in [3.05, 3.63) is 59.8 Å². The molecule has 34 heavy (non-hydrogen) atoms. The highest BCUT2D eigenvalue weighted by Gasteiger charge is 2.22. The lowest BCUT2D eigenvalue weighted by Gasteiger charge is -2.06. The number of thiazole rings is 1. The predicted octanol–water partition coefficient (Wildman–Crippen LogP) is 3.70. The Bertz CT molecular complexity index is 1400. The van der Waals surface area contributed by atoms with Crippen LogP contribution in [0.5, 0.6) is 5.75 Å². The van der Waals surface area contributed by atoms with Crippen LogP contribution in [0, 0.1) is 0 Å². The molecule has 0 saturated carbocycles. The number of aliphatic carboxylic acids is 2. The largest absolute Gasteiger partial charge is 0.497 e. The van der Waals surface area contributed by atoms with Gasteiger partial charge in [0.15, 0.2) is 0 Å². The number of carboxylic acid groups (broad SMARTS) is 2. The highest BCUT2D eigenvalue weighted by atomic mass is 32.1. The first-order valence-corrected chi connectivity index (χ1v) is 10.8. The highest BCUT2D eigenvalue weighted by Crippen LogP contribution is 2.39. The van der Waals surface area contributed by atoms with Gasteiger partial charge in [0.25, 0.3) is 0 Å². The third-order valence-corrected chi connectivity index (χ3v) is 5.93. The van der Waals surface area contributed by atoms with Crippen molar-refractivity contribution in [2.75, 3.05) is 20.3 Å². The summed E-state index contributed by atoms with van der Waals surface area (Å²) in [5, 5.41) is 25.4. The summed E-state index contributed by atoms with van der Waals surface area (Å²) in [6.07, 6.45) is 2.91. The Morgan fingerprint density at radius 3 is 2.26 bits per heavy atom. The quantitative estimate of drug-likeness (QED) is 0.261. The fourth-order valence-electron chi connectivity index (χ4n) is 3.42. The van der Waals surface area contributed by atoms with E-state index in [1.54, 1.807) is 7.11 Å². The summed E-state index contributed by atoms with van der Waals surface area (Å²) in [6, 6.07) is 15.1. The van der Waals surface area contributed by atoms with Crippen molar-refractivity contribution in [2.24, 2.45) is 10.3 Å². The second-order valence-corrected chi connectivity index (χ2v) is 7.95. The van der Waals surface area contributed by atoms with Crippen LogP contribution in [0.2, 0.25) is 0 Å². The standard InChI is InChI=1S/C23H19N3O7S/c1-31-15-8-6-14(7-9-15)22-16(10-24-32-12-20(27)28)23-26(17-4-2-3-5-19(17)34-23)18(22)11-25-33-13-21(29)30/h2-11H,12-13H2,1H3,(H,27,28)(H,29,30)/b24-10+,25-11+. The smallest absolute Gasteiger partial charge is 0.344 e. The molecule has 4 rings (SSSR count). The summed E-state index contributed by atoms with van der Waals surface area (Å²) < 4.78 is 8.23. The van der Waals surface area contributed by atoms with Crippen LogP contribution in [0.25, 0.3) is 26.2 Å². The molecule has 0 saturated heterocycles. The summed E-state index contributed by atoms with van der Waals surface area (Å²) in [4.78, 5) is 32.3. The lowest BCUT2D eigenvalue weighted by atomic mass is 10.0. The van der Waals surface area contributed by atoms with E-state index >= 15 is 0 Å². The van der Waals surface area contributed by atoms with E-state index in [9.17, 15) is 9.59 Å². The Balaban J connectivity index is 1.94. The molecule has 2 aromatic carbocycles. The highest BCUT2D eigenvalue weighted by molar-refractivity contribution is 7.24. The second-order valence-electron chi connectivity index (χ2n) is 6.92. The van der Waals surface area contributed by atoms with Gasteiger partial charge in [0, 0.05) is 11.1 Å². The van der Waals surface area contributed by atoms with Crippen LogP contribution in [-0.4, -0.2) is 59.3 Å². The van der Waals surface area contributed by atoms with Crippen molar-refractivity contribution in [3.63, 3.8) is 0 Å². The van der Waals surface area contributed by atoms with Gasteiger partial charge in [-0.3, -0.25) is 4.40 Å². The van der Waals surface area contributed by atoms with Crippen LogP contribution in [0.4, 0.5) is 0 Å². The Kier molecular flexibility index (Phi) is 6.74. The summed E-state index contributed by atoms with van der Waals surface area (Å²) in [5.74, 6) is -1.60. The van der Waals surface area contributed by atoms with E-state index in [0.29, 0.717) is 17.0 Å². The van der Waals surface area contributed by atoms with E-state index in [0.717, 1.165) is 26.2 Å². The molecule has 174 valence electrons. The number of benzene rings is 2. The molecular weight excluding hydrogens is 462 g/mol. The first-order chi connectivity index (χ1) is 16.5. The lowest BCUT2D eigenvalue weighted by Crippen LogP contribution is -2.04. The van der Waals surface area contributed by atoms with Crippen molar-refractivity contribution in [1.82, 2.24) is 4.40 Å². The summed E-state index contributed by atoms with van der Waals surface area (Å²) >= 11 is 1.51. The molecule has 2 heterocycles. The van der Waals surface area contributed by atoms with Crippen LogP contribution in [0.1, 0.15) is 11.3 Å². The number of nitrogens with zero attached hydrogens (tertiary/aromatic N) is 3. The number of carboxylic acids is 2. The molecule has 10 nitrogen and oxygen atoms in total. The van der Waals surface area contributed by atoms with Crippen LogP contribution < -0.4 is 4.74 Å². The zero-order valence-corrected chi connectivity index (χ0v) is 18.7. The van der Waals surface area contributed by atoms with Gasteiger partial charge in [-0.05, 0) is 29.8 Å². The van der Waals surface area contributed by atoms with Gasteiger partial charge in [0.05, 0.1) is 35.4 Å². The van der Waals surface area contributed by atoms with E-state index in [-0.39, 0.29) is 0 Å². The van der Waals surface area contributed by atoms with Crippen LogP contribution >= 0.6 is 11.3 Å². The van der Waals surface area contributed by atoms with Gasteiger partial charge in [0.1, 0.15) is 10.6 Å². The number of aromatic nitrogens is 1. The van der Waals surface area contributed by atoms with Crippen molar-refractivity contribution >= 4 is 50.8 Å². The monoisotopic (exact) mass is 481 g/mol. The number of ether oxygens (including phenoxy) is 1. The minimum absolute atomic E-state index is 0.574. The molecule has 2 N–H and O–H groups in total. The first-order valence-electron chi connectivity index (χ1n) is 9.94. The Morgan fingerprint density at radius 2 is 1.62 bits per heavy atom. The fraction of sp³-hybridized carbons (Fsp3) is 0.130. The molecule has 0 bridgehead atoms. The Labute approximate surface area is 196 Å². The molecular formula is C23H19N3O7S. The number of hydrogen-bond acceptors (Lipinski definition) is 8. The fourth-order valence-corrected chi connectivity index (χ4v) is 4.60. The van der Waals surface area contributed by atoms with Crippen molar-refractivity contribution < 1.29 is 34.2 Å². The predicted molar refractivity (Wildman–Crippen MR) is 127 cm³/mol. The van der Waals surface area contributed by atoms with Crippen molar-refractivity contribution in [1.29, 1.82) is 0 Å². The van der Waals surface area contributed by atoms with Gasteiger partial charge in [-0.1, -0.05) is 34.6 Å². The molecule has 0 aliphatic carbocycles. The minimum atomic E-state index is -1.14. The molecule has 0 amide bonds. The average Bonchev–Trinajstić information content (AvgIpc) is 3.34. The van der Waals surface area contributed by atoms with Gasteiger partial charge in [0.2, 0.25) is 13.2 Å².